The van der Waals surface area contributed by atoms with Gasteiger partial charge in [0.25, 0.3) is 0 Å². The Labute approximate surface area is 114 Å². The van der Waals surface area contributed by atoms with Crippen molar-refractivity contribution in [1.82, 2.24) is 14.5 Å². The number of halogens is 2. The zero-order chi connectivity index (χ0) is 13.2. The van der Waals surface area contributed by atoms with Crippen LogP contribution in [0.1, 0.15) is 11.4 Å². The maximum absolute atomic E-state index is 12.9. The van der Waals surface area contributed by atoms with E-state index in [9.17, 15) is 4.39 Å². The average Bonchev–Trinajstić information content (AvgIpc) is 2.79. The van der Waals surface area contributed by atoms with Crippen LogP contribution in [0.15, 0.2) is 42.6 Å². The number of benzene rings is 1. The molecule has 0 saturated heterocycles. The molecule has 2 aromatic heterocycles. The topological polar surface area (TPSA) is 30.7 Å². The van der Waals surface area contributed by atoms with Crippen LogP contribution >= 0.6 is 11.6 Å². The summed E-state index contributed by atoms with van der Waals surface area (Å²) in [6, 6.07) is 10.1. The summed E-state index contributed by atoms with van der Waals surface area (Å²) in [4.78, 5) is 8.77. The smallest absolute Gasteiger partial charge is 0.160 e. The van der Waals surface area contributed by atoms with Crippen LogP contribution in [0.3, 0.4) is 0 Å². The molecule has 0 radical (unpaired) electrons. The predicted octanol–water partition coefficient (Wildman–Crippen LogP) is 3.36. The van der Waals surface area contributed by atoms with Crippen molar-refractivity contribution < 1.29 is 4.39 Å². The van der Waals surface area contributed by atoms with E-state index in [0.717, 1.165) is 22.6 Å². The molecule has 0 aliphatic carbocycles. The molecule has 3 nitrogen and oxygen atoms in total. The molecule has 0 aliphatic heterocycles. The zero-order valence-corrected chi connectivity index (χ0v) is 10.8. The van der Waals surface area contributed by atoms with Gasteiger partial charge in [0, 0.05) is 6.20 Å². The Morgan fingerprint density at radius 3 is 2.68 bits per heavy atom. The van der Waals surface area contributed by atoms with E-state index in [1.807, 2.05) is 16.7 Å². The minimum atomic E-state index is -0.241. The number of nitrogens with zero attached hydrogens (tertiary/aromatic N) is 3. The number of alkyl halides is 1. The van der Waals surface area contributed by atoms with Crippen molar-refractivity contribution in [1.29, 1.82) is 0 Å². The molecular formula is C14H11ClFN3. The third kappa shape index (κ3) is 2.31. The van der Waals surface area contributed by atoms with Gasteiger partial charge in [0.2, 0.25) is 0 Å². The maximum atomic E-state index is 12.9. The van der Waals surface area contributed by atoms with E-state index in [1.165, 1.54) is 12.1 Å². The second-order valence-corrected chi connectivity index (χ2v) is 4.49. The quantitative estimate of drug-likeness (QED) is 0.686. The molecule has 0 unspecified atom stereocenters. The lowest BCUT2D eigenvalue weighted by Gasteiger charge is -2.07. The highest BCUT2D eigenvalue weighted by Crippen LogP contribution is 2.17. The fraction of sp³-hybridized carbons (Fsp3) is 0.143. The molecule has 0 fully saturated rings. The summed E-state index contributed by atoms with van der Waals surface area (Å²) in [5, 5.41) is 0. The molecule has 1 aromatic carbocycles. The monoisotopic (exact) mass is 275 g/mol. The van der Waals surface area contributed by atoms with Gasteiger partial charge in [-0.25, -0.2) is 14.4 Å². The number of hydrogen-bond donors (Lipinski definition) is 0. The number of rotatable bonds is 3. The van der Waals surface area contributed by atoms with Gasteiger partial charge in [-0.05, 0) is 29.8 Å². The Bertz CT molecular complexity index is 706. The lowest BCUT2D eigenvalue weighted by molar-refractivity contribution is 0.626. The molecule has 0 saturated carbocycles. The van der Waals surface area contributed by atoms with Crippen LogP contribution in [0, 0.1) is 5.82 Å². The number of hydrogen-bond acceptors (Lipinski definition) is 2. The minimum absolute atomic E-state index is 0.241. The van der Waals surface area contributed by atoms with Crippen molar-refractivity contribution in [2.45, 2.75) is 12.4 Å². The van der Waals surface area contributed by atoms with Gasteiger partial charge in [0.15, 0.2) is 5.65 Å². The van der Waals surface area contributed by atoms with Crippen molar-refractivity contribution in [2.75, 3.05) is 0 Å². The highest BCUT2D eigenvalue weighted by molar-refractivity contribution is 6.16. The van der Waals surface area contributed by atoms with Gasteiger partial charge in [0.05, 0.1) is 12.4 Å². The van der Waals surface area contributed by atoms with Gasteiger partial charge in [-0.2, -0.15) is 0 Å². The molecule has 96 valence electrons. The molecule has 19 heavy (non-hydrogen) atoms. The first-order valence-electron chi connectivity index (χ1n) is 5.88. The van der Waals surface area contributed by atoms with Crippen molar-refractivity contribution in [3.63, 3.8) is 0 Å². The van der Waals surface area contributed by atoms with E-state index in [4.69, 9.17) is 11.6 Å². The third-order valence-corrected chi connectivity index (χ3v) is 3.20. The lowest BCUT2D eigenvalue weighted by Crippen LogP contribution is -2.04. The van der Waals surface area contributed by atoms with Gasteiger partial charge in [-0.15, -0.1) is 11.6 Å². The van der Waals surface area contributed by atoms with Crippen LogP contribution in [0.2, 0.25) is 0 Å². The van der Waals surface area contributed by atoms with Gasteiger partial charge in [0.1, 0.15) is 17.2 Å². The molecular weight excluding hydrogens is 265 g/mol. The van der Waals surface area contributed by atoms with Crippen molar-refractivity contribution >= 4 is 22.8 Å². The Morgan fingerprint density at radius 1 is 1.16 bits per heavy atom. The van der Waals surface area contributed by atoms with Crippen molar-refractivity contribution in [3.8, 4) is 0 Å². The summed E-state index contributed by atoms with van der Waals surface area (Å²) >= 11 is 5.92. The van der Waals surface area contributed by atoms with Crippen LogP contribution in [0.4, 0.5) is 4.39 Å². The molecule has 0 aliphatic rings. The Kier molecular flexibility index (Phi) is 3.17. The Hall–Kier alpha value is -1.94. The number of imidazole rings is 1. The minimum Gasteiger partial charge on any atom is -0.307 e. The van der Waals surface area contributed by atoms with E-state index in [-0.39, 0.29) is 5.82 Å². The highest BCUT2D eigenvalue weighted by Gasteiger charge is 2.10. The highest BCUT2D eigenvalue weighted by atomic mass is 35.5. The van der Waals surface area contributed by atoms with E-state index >= 15 is 0 Å². The summed E-state index contributed by atoms with van der Waals surface area (Å²) in [5.74, 6) is 0.840. The molecule has 0 spiro atoms. The van der Waals surface area contributed by atoms with Crippen LogP contribution in [0.25, 0.3) is 11.2 Å². The first-order valence-corrected chi connectivity index (χ1v) is 6.42. The fourth-order valence-corrected chi connectivity index (χ4v) is 2.25. The average molecular weight is 276 g/mol. The summed E-state index contributed by atoms with van der Waals surface area (Å²) in [6.07, 6.45) is 1.73. The van der Waals surface area contributed by atoms with E-state index < -0.39 is 0 Å². The van der Waals surface area contributed by atoms with Gasteiger partial charge in [-0.3, -0.25) is 0 Å². The first kappa shape index (κ1) is 12.1. The zero-order valence-electron chi connectivity index (χ0n) is 10.1. The van der Waals surface area contributed by atoms with Gasteiger partial charge >= 0.3 is 0 Å². The van der Waals surface area contributed by atoms with Gasteiger partial charge < -0.3 is 4.57 Å². The SMILES string of the molecule is Fc1ccc(Cn2c(CCl)nc3cccnc32)cc1. The van der Waals surface area contributed by atoms with E-state index in [1.54, 1.807) is 18.3 Å². The van der Waals surface area contributed by atoms with E-state index in [0.29, 0.717) is 12.4 Å². The van der Waals surface area contributed by atoms with Gasteiger partial charge in [-0.1, -0.05) is 12.1 Å². The molecule has 0 atom stereocenters. The summed E-state index contributed by atoms with van der Waals surface area (Å²) in [7, 11) is 0. The molecule has 3 rings (SSSR count). The second-order valence-electron chi connectivity index (χ2n) is 4.22. The standard InChI is InChI=1S/C14H11ClFN3/c15-8-13-18-12-2-1-7-17-14(12)19(13)9-10-3-5-11(16)6-4-10/h1-7H,8-9H2. The van der Waals surface area contributed by atoms with Crippen LogP contribution in [0.5, 0.6) is 0 Å². The van der Waals surface area contributed by atoms with Crippen molar-refractivity contribution in [2.24, 2.45) is 0 Å². The number of pyridine rings is 1. The molecule has 5 heteroatoms. The molecule has 0 N–H and O–H groups in total. The Morgan fingerprint density at radius 2 is 1.95 bits per heavy atom. The summed E-state index contributed by atoms with van der Waals surface area (Å²) < 4.78 is 14.9. The molecule has 0 bridgehead atoms. The largest absolute Gasteiger partial charge is 0.307 e. The first-order chi connectivity index (χ1) is 9.28. The van der Waals surface area contributed by atoms with E-state index in [2.05, 4.69) is 9.97 Å². The molecule has 2 heterocycles. The predicted molar refractivity (Wildman–Crippen MR) is 72.6 cm³/mol. The van der Waals surface area contributed by atoms with Crippen molar-refractivity contribution in [3.05, 3.63) is 59.8 Å². The second kappa shape index (κ2) is 4.97. The van der Waals surface area contributed by atoms with Crippen LogP contribution in [-0.4, -0.2) is 14.5 Å². The normalized spacial score (nSPS) is 11.1. The fourth-order valence-electron chi connectivity index (χ4n) is 2.05. The summed E-state index contributed by atoms with van der Waals surface area (Å²) in [5.41, 5.74) is 2.60. The third-order valence-electron chi connectivity index (χ3n) is 2.96. The molecule has 0 amide bonds. The molecule has 3 aromatic rings. The number of aromatic nitrogens is 3. The number of fused-ring (bicyclic) bond motifs is 1. The lowest BCUT2D eigenvalue weighted by atomic mass is 10.2. The van der Waals surface area contributed by atoms with Crippen LogP contribution < -0.4 is 0 Å². The van der Waals surface area contributed by atoms with Crippen LogP contribution in [-0.2, 0) is 12.4 Å². The maximum Gasteiger partial charge on any atom is 0.160 e. The Balaban J connectivity index is 2.06. The summed E-state index contributed by atoms with van der Waals surface area (Å²) in [6.45, 7) is 0.579.